The highest BCUT2D eigenvalue weighted by atomic mass is 19.4. The summed E-state index contributed by atoms with van der Waals surface area (Å²) in [7, 11) is 0. The lowest BCUT2D eigenvalue weighted by atomic mass is 9.50. The van der Waals surface area contributed by atoms with E-state index in [0.717, 1.165) is 19.3 Å². The minimum absolute atomic E-state index is 0.0300. The summed E-state index contributed by atoms with van der Waals surface area (Å²) in [6.45, 7) is 6.13. The highest BCUT2D eigenvalue weighted by Gasteiger charge is 2.69. The summed E-state index contributed by atoms with van der Waals surface area (Å²) in [6, 6.07) is 0. The molecule has 1 N–H and O–H groups in total. The molecule has 0 spiro atoms. The number of rotatable bonds is 11. The molecule has 38 heavy (non-hydrogen) atoms. The van der Waals surface area contributed by atoms with Crippen molar-refractivity contribution in [2.24, 2.45) is 34.0 Å². The number of hydrogen-bond acceptors (Lipinski definition) is 5. The average Bonchev–Trinajstić information content (AvgIpc) is 2.77. The fourth-order valence-electron chi connectivity index (χ4n) is 7.38. The molecule has 0 aromatic carbocycles. The van der Waals surface area contributed by atoms with Crippen LogP contribution in [-0.2, 0) is 19.1 Å². The standard InChI is InChI=1S/C27H40F6O5/c1-5-23(4,21(35)38-16-24-12-17-9-18(13-24)11-19(10-17)14-24)15-22(2,3)20(34)37-8-6-7-25(36,26(28,29)30)27(31,32)33/h17-19,36H,5-16H2,1-4H3. The number of halogens is 6. The van der Waals surface area contributed by atoms with Crippen molar-refractivity contribution in [3.63, 3.8) is 0 Å². The Hall–Kier alpha value is -1.52. The maximum Gasteiger partial charge on any atom is 0.426 e. The minimum atomic E-state index is -5.92. The van der Waals surface area contributed by atoms with Gasteiger partial charge in [0.1, 0.15) is 0 Å². The Kier molecular flexibility index (Phi) is 8.54. The quantitative estimate of drug-likeness (QED) is 0.172. The molecule has 0 saturated heterocycles. The molecule has 5 nitrogen and oxygen atoms in total. The van der Waals surface area contributed by atoms with Crippen LogP contribution in [0, 0.1) is 34.0 Å². The highest BCUT2D eigenvalue weighted by molar-refractivity contribution is 5.80. The van der Waals surface area contributed by atoms with E-state index in [4.69, 9.17) is 9.47 Å². The van der Waals surface area contributed by atoms with Crippen LogP contribution in [0.25, 0.3) is 0 Å². The van der Waals surface area contributed by atoms with Crippen LogP contribution in [0.3, 0.4) is 0 Å². The molecule has 4 fully saturated rings. The van der Waals surface area contributed by atoms with Crippen LogP contribution in [0.2, 0.25) is 0 Å². The van der Waals surface area contributed by atoms with E-state index >= 15 is 0 Å². The summed E-state index contributed by atoms with van der Waals surface area (Å²) in [5.74, 6) is 0.837. The van der Waals surface area contributed by atoms with E-state index in [2.05, 4.69) is 0 Å². The van der Waals surface area contributed by atoms with Crippen molar-refractivity contribution in [1.29, 1.82) is 0 Å². The maximum atomic E-state index is 13.2. The summed E-state index contributed by atoms with van der Waals surface area (Å²) in [5.41, 5.74) is -7.14. The Morgan fingerprint density at radius 1 is 0.842 bits per heavy atom. The first-order chi connectivity index (χ1) is 17.3. The van der Waals surface area contributed by atoms with Gasteiger partial charge in [0.25, 0.3) is 5.60 Å². The third-order valence-electron chi connectivity index (χ3n) is 9.19. The third-order valence-corrected chi connectivity index (χ3v) is 9.19. The van der Waals surface area contributed by atoms with Gasteiger partial charge in [0.15, 0.2) is 0 Å². The molecule has 1 unspecified atom stereocenters. The summed E-state index contributed by atoms with van der Waals surface area (Å²) in [6.07, 6.45) is -6.97. The van der Waals surface area contributed by atoms with E-state index in [1.54, 1.807) is 13.8 Å². The first-order valence-electron chi connectivity index (χ1n) is 13.5. The predicted molar refractivity (Wildman–Crippen MR) is 126 cm³/mol. The Labute approximate surface area is 220 Å². The van der Waals surface area contributed by atoms with Gasteiger partial charge >= 0.3 is 24.3 Å². The molecule has 4 rings (SSSR count). The van der Waals surface area contributed by atoms with Crippen LogP contribution < -0.4 is 0 Å². The smallest absolute Gasteiger partial charge is 0.426 e. The first kappa shape index (κ1) is 31.0. The summed E-state index contributed by atoms with van der Waals surface area (Å²) < 4.78 is 87.8. The molecule has 0 aromatic rings. The third kappa shape index (κ3) is 6.28. The van der Waals surface area contributed by atoms with E-state index in [1.807, 2.05) is 0 Å². The second-order valence-corrected chi connectivity index (χ2v) is 13.1. The van der Waals surface area contributed by atoms with E-state index in [0.29, 0.717) is 30.8 Å². The van der Waals surface area contributed by atoms with E-state index < -0.39 is 60.2 Å². The maximum absolute atomic E-state index is 13.2. The van der Waals surface area contributed by atoms with Gasteiger partial charge in [0.05, 0.1) is 24.0 Å². The number of ether oxygens (including phenoxy) is 2. The van der Waals surface area contributed by atoms with Crippen molar-refractivity contribution in [2.45, 2.75) is 110 Å². The lowest BCUT2D eigenvalue weighted by Gasteiger charge is -2.56. The summed E-state index contributed by atoms with van der Waals surface area (Å²) in [4.78, 5) is 25.9. The van der Waals surface area contributed by atoms with Crippen LogP contribution in [0.15, 0.2) is 0 Å². The largest absolute Gasteiger partial charge is 0.465 e. The molecule has 4 aliphatic carbocycles. The van der Waals surface area contributed by atoms with Gasteiger partial charge < -0.3 is 14.6 Å². The lowest BCUT2D eigenvalue weighted by Crippen LogP contribution is -2.56. The fraction of sp³-hybridized carbons (Fsp3) is 0.926. The molecule has 4 aliphatic rings. The van der Waals surface area contributed by atoms with Gasteiger partial charge in [0.2, 0.25) is 0 Å². The van der Waals surface area contributed by atoms with Crippen LogP contribution >= 0.6 is 0 Å². The Balaban J connectivity index is 1.53. The van der Waals surface area contributed by atoms with Crippen molar-refractivity contribution >= 4 is 11.9 Å². The van der Waals surface area contributed by atoms with E-state index in [-0.39, 0.29) is 11.8 Å². The topological polar surface area (TPSA) is 72.8 Å². The molecule has 0 radical (unpaired) electrons. The molecule has 4 bridgehead atoms. The van der Waals surface area contributed by atoms with Crippen LogP contribution in [0.1, 0.15) is 91.9 Å². The monoisotopic (exact) mass is 558 g/mol. The molecular formula is C27H40F6O5. The van der Waals surface area contributed by atoms with Crippen molar-refractivity contribution in [1.82, 2.24) is 0 Å². The SMILES string of the molecule is CCC(C)(CC(C)(C)C(=O)OCCCC(O)(C(F)(F)F)C(F)(F)F)C(=O)OCC12CC3CC(CC(C3)C1)C2. The zero-order valence-corrected chi connectivity index (χ0v) is 22.6. The highest BCUT2D eigenvalue weighted by Crippen LogP contribution is 2.60. The normalized spacial score (nSPS) is 29.2. The Morgan fingerprint density at radius 3 is 1.74 bits per heavy atom. The predicted octanol–water partition coefficient (Wildman–Crippen LogP) is 6.76. The van der Waals surface area contributed by atoms with Gasteiger partial charge in [-0.15, -0.1) is 0 Å². The minimum Gasteiger partial charge on any atom is -0.465 e. The van der Waals surface area contributed by atoms with Crippen molar-refractivity contribution in [3.05, 3.63) is 0 Å². The number of alkyl halides is 6. The number of hydrogen-bond donors (Lipinski definition) is 1. The summed E-state index contributed by atoms with van der Waals surface area (Å²) in [5, 5.41) is 9.23. The molecule has 11 heteroatoms. The second-order valence-electron chi connectivity index (χ2n) is 13.1. The molecule has 0 aliphatic heterocycles. The fourth-order valence-corrected chi connectivity index (χ4v) is 7.38. The number of esters is 2. The van der Waals surface area contributed by atoms with Crippen LogP contribution in [-0.4, -0.2) is 48.2 Å². The summed E-state index contributed by atoms with van der Waals surface area (Å²) >= 11 is 0. The zero-order chi connectivity index (χ0) is 28.8. The molecule has 0 aromatic heterocycles. The van der Waals surface area contributed by atoms with Crippen LogP contribution in [0.4, 0.5) is 26.3 Å². The van der Waals surface area contributed by atoms with Gasteiger partial charge in [0, 0.05) is 5.41 Å². The molecule has 4 saturated carbocycles. The Morgan fingerprint density at radius 2 is 1.32 bits per heavy atom. The number of aliphatic hydroxyl groups is 1. The molecule has 1 atom stereocenters. The van der Waals surface area contributed by atoms with Gasteiger partial charge in [-0.05, 0) is 103 Å². The molecule has 0 heterocycles. The molecule has 0 amide bonds. The van der Waals surface area contributed by atoms with Crippen molar-refractivity contribution in [3.8, 4) is 0 Å². The molecular weight excluding hydrogens is 518 g/mol. The van der Waals surface area contributed by atoms with Crippen molar-refractivity contribution in [2.75, 3.05) is 13.2 Å². The van der Waals surface area contributed by atoms with Crippen LogP contribution in [0.5, 0.6) is 0 Å². The van der Waals surface area contributed by atoms with Gasteiger partial charge in [-0.2, -0.15) is 26.3 Å². The number of carbonyl (C=O) groups excluding carboxylic acids is 2. The Bertz CT molecular complexity index is 831. The second kappa shape index (κ2) is 10.5. The van der Waals surface area contributed by atoms with Gasteiger partial charge in [-0.1, -0.05) is 6.92 Å². The van der Waals surface area contributed by atoms with E-state index in [1.165, 1.54) is 33.1 Å². The zero-order valence-electron chi connectivity index (χ0n) is 22.6. The first-order valence-corrected chi connectivity index (χ1v) is 13.5. The van der Waals surface area contributed by atoms with Gasteiger partial charge in [-0.25, -0.2) is 0 Å². The molecule has 220 valence electrons. The van der Waals surface area contributed by atoms with Crippen molar-refractivity contribution < 1.29 is 50.5 Å². The van der Waals surface area contributed by atoms with E-state index in [9.17, 15) is 41.0 Å². The van der Waals surface area contributed by atoms with Gasteiger partial charge in [-0.3, -0.25) is 9.59 Å². The lowest BCUT2D eigenvalue weighted by molar-refractivity contribution is -0.370. The number of carbonyl (C=O) groups is 2. The average molecular weight is 559 g/mol.